The van der Waals surface area contributed by atoms with E-state index in [1.807, 2.05) is 24.3 Å². The average Bonchev–Trinajstić information content (AvgIpc) is 3.10. The van der Waals surface area contributed by atoms with Crippen LogP contribution in [0.25, 0.3) is 10.4 Å². The van der Waals surface area contributed by atoms with Crippen LogP contribution in [0, 0.1) is 5.92 Å². The Kier molecular flexibility index (Phi) is 5.59. The predicted molar refractivity (Wildman–Crippen MR) is 112 cm³/mol. The molecule has 3 aliphatic rings. The molecule has 1 unspecified atom stereocenters. The first-order chi connectivity index (χ1) is 14.0. The summed E-state index contributed by atoms with van der Waals surface area (Å²) in [6.45, 7) is 3.05. The summed E-state index contributed by atoms with van der Waals surface area (Å²) in [7, 11) is 1.61. The molecule has 3 amide bonds. The first kappa shape index (κ1) is 19.5. The predicted octanol–water partition coefficient (Wildman–Crippen LogP) is 3.10. The standard InChI is InChI=1S/C20H24N4O4S/c1-27-14-4-2-13(3-5-14)17-10-16(18(29-17)23-19(21)25)28-20(26)22-15-11-24-8-6-12(15)7-9-24/h2-5,10,12,15H,6-9,11H2,1H3,(H,22,26)(H3,21,23,25). The largest absolute Gasteiger partial charge is 0.497 e. The molecule has 1 aromatic heterocycles. The number of benzene rings is 1. The van der Waals surface area contributed by atoms with E-state index >= 15 is 0 Å². The Bertz CT molecular complexity index is 890. The fraction of sp³-hybridized carbons (Fsp3) is 0.400. The highest BCUT2D eigenvalue weighted by Gasteiger charge is 2.35. The third-order valence-corrected chi connectivity index (χ3v) is 6.55. The molecule has 0 saturated carbocycles. The second-order valence-corrected chi connectivity index (χ2v) is 8.35. The van der Waals surface area contributed by atoms with Gasteiger partial charge >= 0.3 is 12.1 Å². The van der Waals surface area contributed by atoms with E-state index < -0.39 is 12.1 Å². The maximum atomic E-state index is 12.5. The lowest BCUT2D eigenvalue weighted by atomic mass is 9.84. The van der Waals surface area contributed by atoms with Gasteiger partial charge in [0.2, 0.25) is 0 Å². The van der Waals surface area contributed by atoms with Crippen molar-refractivity contribution in [3.63, 3.8) is 0 Å². The Balaban J connectivity index is 1.49. The first-order valence-corrected chi connectivity index (χ1v) is 10.4. The van der Waals surface area contributed by atoms with Gasteiger partial charge in [0.05, 0.1) is 7.11 Å². The number of amides is 3. The van der Waals surface area contributed by atoms with Crippen molar-refractivity contribution in [2.75, 3.05) is 32.1 Å². The van der Waals surface area contributed by atoms with Crippen LogP contribution in [0.4, 0.5) is 14.6 Å². The van der Waals surface area contributed by atoms with Gasteiger partial charge in [-0.1, -0.05) is 0 Å². The number of hydrogen-bond donors (Lipinski definition) is 3. The van der Waals surface area contributed by atoms with Gasteiger partial charge in [-0.15, -0.1) is 11.3 Å². The van der Waals surface area contributed by atoms with Crippen molar-refractivity contribution in [2.45, 2.75) is 18.9 Å². The van der Waals surface area contributed by atoms with E-state index in [1.54, 1.807) is 13.2 Å². The van der Waals surface area contributed by atoms with Crippen molar-refractivity contribution in [3.8, 4) is 21.9 Å². The lowest BCUT2D eigenvalue weighted by Crippen LogP contribution is -2.57. The first-order valence-electron chi connectivity index (χ1n) is 9.57. The van der Waals surface area contributed by atoms with E-state index in [0.29, 0.717) is 10.9 Å². The Morgan fingerprint density at radius 1 is 1.21 bits per heavy atom. The van der Waals surface area contributed by atoms with Crippen molar-refractivity contribution >= 4 is 28.5 Å². The number of nitrogens with zero attached hydrogens (tertiary/aromatic N) is 1. The number of nitrogens with one attached hydrogen (secondary N) is 2. The molecule has 29 heavy (non-hydrogen) atoms. The van der Waals surface area contributed by atoms with Crippen molar-refractivity contribution < 1.29 is 19.1 Å². The number of hydrogen-bond acceptors (Lipinski definition) is 6. The van der Waals surface area contributed by atoms with Crippen LogP contribution in [0.15, 0.2) is 30.3 Å². The van der Waals surface area contributed by atoms with E-state index in [2.05, 4.69) is 15.5 Å². The van der Waals surface area contributed by atoms with E-state index in [-0.39, 0.29) is 11.8 Å². The third-order valence-electron chi connectivity index (χ3n) is 5.47. The van der Waals surface area contributed by atoms with Gasteiger partial charge in [-0.25, -0.2) is 9.59 Å². The van der Waals surface area contributed by atoms with Crippen LogP contribution < -0.4 is 25.8 Å². The molecule has 8 nitrogen and oxygen atoms in total. The molecule has 4 heterocycles. The van der Waals surface area contributed by atoms with Crippen molar-refractivity contribution in [3.05, 3.63) is 30.3 Å². The maximum absolute atomic E-state index is 12.5. The van der Waals surface area contributed by atoms with Crippen LogP contribution in [0.1, 0.15) is 12.8 Å². The summed E-state index contributed by atoms with van der Waals surface area (Å²) in [4.78, 5) is 27.1. The minimum absolute atomic E-state index is 0.0947. The van der Waals surface area contributed by atoms with Crippen molar-refractivity contribution in [1.29, 1.82) is 0 Å². The highest BCUT2D eigenvalue weighted by atomic mass is 32.1. The Morgan fingerprint density at radius 2 is 1.93 bits per heavy atom. The fourth-order valence-corrected chi connectivity index (χ4v) is 4.95. The smallest absolute Gasteiger partial charge is 0.412 e. The summed E-state index contributed by atoms with van der Waals surface area (Å²) in [5.74, 6) is 1.51. The molecule has 3 saturated heterocycles. The van der Waals surface area contributed by atoms with Gasteiger partial charge in [0.25, 0.3) is 0 Å². The molecular weight excluding hydrogens is 392 g/mol. The number of nitrogens with two attached hydrogens (primary N) is 1. The lowest BCUT2D eigenvalue weighted by molar-refractivity contribution is 0.0725. The zero-order chi connectivity index (χ0) is 20.4. The van der Waals surface area contributed by atoms with E-state index in [0.717, 1.165) is 48.7 Å². The van der Waals surface area contributed by atoms with Gasteiger partial charge < -0.3 is 25.4 Å². The quantitative estimate of drug-likeness (QED) is 0.695. The van der Waals surface area contributed by atoms with Gasteiger partial charge in [0.15, 0.2) is 5.75 Å². The van der Waals surface area contributed by atoms with Gasteiger partial charge in [0.1, 0.15) is 10.8 Å². The van der Waals surface area contributed by atoms with Gasteiger partial charge in [0, 0.05) is 23.5 Å². The summed E-state index contributed by atoms with van der Waals surface area (Å²) in [6.07, 6.45) is 1.68. The van der Waals surface area contributed by atoms with Gasteiger partial charge in [-0.2, -0.15) is 0 Å². The summed E-state index contributed by atoms with van der Waals surface area (Å²) >= 11 is 1.29. The van der Waals surface area contributed by atoms with Gasteiger partial charge in [-0.3, -0.25) is 5.32 Å². The molecular formula is C20H24N4O4S. The Hall–Kier alpha value is -2.78. The molecule has 5 rings (SSSR count). The molecule has 9 heteroatoms. The number of thiophene rings is 1. The molecule has 4 N–H and O–H groups in total. The van der Waals surface area contributed by atoms with Crippen LogP contribution in [0.5, 0.6) is 11.5 Å². The summed E-state index contributed by atoms with van der Waals surface area (Å²) in [5, 5.41) is 5.92. The number of carbonyl (C=O) groups is 2. The SMILES string of the molecule is COc1ccc(-c2cc(OC(=O)NC3CN4CCC3CC4)c(NC(N)=O)s2)cc1. The zero-order valence-electron chi connectivity index (χ0n) is 16.1. The number of primary amides is 1. The molecule has 2 aromatic rings. The monoisotopic (exact) mass is 416 g/mol. The van der Waals surface area contributed by atoms with Crippen LogP contribution in [0.3, 0.4) is 0 Å². The lowest BCUT2D eigenvalue weighted by Gasteiger charge is -2.44. The molecule has 0 spiro atoms. The number of anilines is 1. The van der Waals surface area contributed by atoms with Crippen molar-refractivity contribution in [2.24, 2.45) is 11.7 Å². The summed E-state index contributed by atoms with van der Waals surface area (Å²) in [5.41, 5.74) is 6.19. The number of rotatable bonds is 5. The second-order valence-electron chi connectivity index (χ2n) is 7.30. The molecule has 1 atom stereocenters. The molecule has 3 aliphatic heterocycles. The third kappa shape index (κ3) is 4.46. The molecule has 3 fully saturated rings. The van der Waals surface area contributed by atoms with Crippen LogP contribution in [-0.4, -0.2) is 49.8 Å². The highest BCUT2D eigenvalue weighted by molar-refractivity contribution is 7.20. The number of methoxy groups -OCH3 is 1. The van der Waals surface area contributed by atoms with Gasteiger partial charge in [-0.05, 0) is 61.7 Å². The van der Waals surface area contributed by atoms with E-state index in [1.165, 1.54) is 11.3 Å². The minimum Gasteiger partial charge on any atom is -0.497 e. The van der Waals surface area contributed by atoms with Crippen LogP contribution >= 0.6 is 11.3 Å². The highest BCUT2D eigenvalue weighted by Crippen LogP contribution is 2.41. The van der Waals surface area contributed by atoms with E-state index in [4.69, 9.17) is 15.2 Å². The number of urea groups is 1. The van der Waals surface area contributed by atoms with Crippen LogP contribution in [0.2, 0.25) is 0 Å². The number of carbonyl (C=O) groups excluding carboxylic acids is 2. The molecule has 154 valence electrons. The number of piperidine rings is 3. The molecule has 0 aliphatic carbocycles. The van der Waals surface area contributed by atoms with Crippen LogP contribution in [-0.2, 0) is 0 Å². The normalized spacial score (nSPS) is 22.7. The molecule has 0 radical (unpaired) electrons. The number of ether oxygens (including phenoxy) is 2. The fourth-order valence-electron chi connectivity index (χ4n) is 3.96. The Morgan fingerprint density at radius 3 is 2.52 bits per heavy atom. The zero-order valence-corrected chi connectivity index (χ0v) is 17.0. The Labute approximate surface area is 173 Å². The second kappa shape index (κ2) is 8.30. The molecule has 1 aromatic carbocycles. The van der Waals surface area contributed by atoms with Crippen molar-refractivity contribution in [1.82, 2.24) is 10.2 Å². The average molecular weight is 417 g/mol. The summed E-state index contributed by atoms with van der Waals surface area (Å²) in [6, 6.07) is 8.60. The maximum Gasteiger partial charge on any atom is 0.412 e. The topological polar surface area (TPSA) is 106 Å². The number of fused-ring (bicyclic) bond motifs is 3. The van der Waals surface area contributed by atoms with E-state index in [9.17, 15) is 9.59 Å². The summed E-state index contributed by atoms with van der Waals surface area (Å²) < 4.78 is 10.7. The molecule has 2 bridgehead atoms. The minimum atomic E-state index is -0.712.